The number of carbonyl (C=O) groups is 1. The number of oxazole rings is 1. The molecule has 1 amide bonds. The fourth-order valence-electron chi connectivity index (χ4n) is 2.46. The third kappa shape index (κ3) is 7.09. The standard InChI is InChI=1S/C20H28N2O5S/c1-14(2)26-10-6-9-21-19(23)13-28(24)12-18-15(3)27-20(22-18)16-7-5-8-17(11-16)25-4/h5,7-8,11,14H,6,9-10,12-13H2,1-4H3,(H,21,23)/t28-/m1/s1. The molecule has 1 atom stereocenters. The van der Waals surface area contributed by atoms with Crippen LogP contribution in [0.4, 0.5) is 0 Å². The van der Waals surface area contributed by atoms with Crippen molar-refractivity contribution in [3.05, 3.63) is 35.7 Å². The molecule has 0 saturated carbocycles. The number of aryl methyl sites for hydroxylation is 1. The van der Waals surface area contributed by atoms with Crippen molar-refractivity contribution in [2.24, 2.45) is 0 Å². The Morgan fingerprint density at radius 3 is 2.86 bits per heavy atom. The number of nitrogens with zero attached hydrogens (tertiary/aromatic N) is 1. The third-order valence-electron chi connectivity index (χ3n) is 3.89. The van der Waals surface area contributed by atoms with E-state index in [1.54, 1.807) is 14.0 Å². The summed E-state index contributed by atoms with van der Waals surface area (Å²) in [5, 5.41) is 2.76. The molecule has 28 heavy (non-hydrogen) atoms. The highest BCUT2D eigenvalue weighted by Gasteiger charge is 2.16. The molecule has 154 valence electrons. The van der Waals surface area contributed by atoms with Crippen molar-refractivity contribution in [2.45, 2.75) is 39.0 Å². The zero-order valence-electron chi connectivity index (χ0n) is 16.8. The summed E-state index contributed by atoms with van der Waals surface area (Å²) >= 11 is 0. The summed E-state index contributed by atoms with van der Waals surface area (Å²) in [7, 11) is 0.229. The maximum Gasteiger partial charge on any atom is 0.232 e. The predicted octanol–water partition coefficient (Wildman–Crippen LogP) is 2.84. The molecule has 0 spiro atoms. The fourth-order valence-corrected chi connectivity index (χ4v) is 3.53. The number of methoxy groups -OCH3 is 1. The maximum atomic E-state index is 12.3. The molecule has 0 aliphatic carbocycles. The molecule has 1 N–H and O–H groups in total. The molecule has 0 fully saturated rings. The number of nitrogens with one attached hydrogen (secondary N) is 1. The minimum absolute atomic E-state index is 0.0637. The van der Waals surface area contributed by atoms with E-state index in [2.05, 4.69) is 10.3 Å². The Morgan fingerprint density at radius 1 is 1.36 bits per heavy atom. The summed E-state index contributed by atoms with van der Waals surface area (Å²) < 4.78 is 28.6. The van der Waals surface area contributed by atoms with Gasteiger partial charge in [0.25, 0.3) is 0 Å². The highest BCUT2D eigenvalue weighted by Crippen LogP contribution is 2.25. The van der Waals surface area contributed by atoms with Crippen LogP contribution in [0.3, 0.4) is 0 Å². The Hall–Kier alpha value is -2.19. The van der Waals surface area contributed by atoms with E-state index in [1.807, 2.05) is 38.1 Å². The van der Waals surface area contributed by atoms with E-state index in [1.165, 1.54) is 0 Å². The molecule has 0 radical (unpaired) electrons. The molecule has 0 aliphatic rings. The van der Waals surface area contributed by atoms with Gasteiger partial charge in [0.15, 0.2) is 0 Å². The van der Waals surface area contributed by atoms with Crippen LogP contribution < -0.4 is 10.1 Å². The summed E-state index contributed by atoms with van der Waals surface area (Å²) in [6, 6.07) is 7.37. The smallest absolute Gasteiger partial charge is 0.232 e. The van der Waals surface area contributed by atoms with Crippen molar-refractivity contribution < 1.29 is 22.9 Å². The monoisotopic (exact) mass is 408 g/mol. The lowest BCUT2D eigenvalue weighted by atomic mass is 10.2. The number of amides is 1. The van der Waals surface area contributed by atoms with Crippen molar-refractivity contribution in [3.8, 4) is 17.2 Å². The van der Waals surface area contributed by atoms with Gasteiger partial charge in [-0.3, -0.25) is 9.00 Å². The van der Waals surface area contributed by atoms with E-state index in [-0.39, 0.29) is 23.5 Å². The second-order valence-electron chi connectivity index (χ2n) is 6.61. The molecule has 0 aliphatic heterocycles. The number of ether oxygens (including phenoxy) is 2. The van der Waals surface area contributed by atoms with Gasteiger partial charge in [-0.15, -0.1) is 0 Å². The van der Waals surface area contributed by atoms with Crippen LogP contribution >= 0.6 is 0 Å². The molecular formula is C20H28N2O5S. The molecule has 1 aromatic carbocycles. The maximum absolute atomic E-state index is 12.3. The lowest BCUT2D eigenvalue weighted by Crippen LogP contribution is -2.30. The summed E-state index contributed by atoms with van der Waals surface area (Å²) in [5.74, 6) is 1.61. The number of rotatable bonds is 11. The van der Waals surface area contributed by atoms with Gasteiger partial charge < -0.3 is 19.2 Å². The first kappa shape index (κ1) is 22.1. The Labute approximate surface area is 168 Å². The first-order valence-corrected chi connectivity index (χ1v) is 10.7. The summed E-state index contributed by atoms with van der Waals surface area (Å²) in [4.78, 5) is 16.4. The normalized spacial score (nSPS) is 12.2. The molecule has 8 heteroatoms. The lowest BCUT2D eigenvalue weighted by Gasteiger charge is -2.08. The van der Waals surface area contributed by atoms with Crippen LogP contribution in [0.25, 0.3) is 11.5 Å². The van der Waals surface area contributed by atoms with Crippen molar-refractivity contribution in [3.63, 3.8) is 0 Å². The molecule has 2 rings (SSSR count). The van der Waals surface area contributed by atoms with Crippen LogP contribution in [0.15, 0.2) is 28.7 Å². The number of benzene rings is 1. The van der Waals surface area contributed by atoms with Gasteiger partial charge in [-0.1, -0.05) is 6.07 Å². The van der Waals surface area contributed by atoms with Gasteiger partial charge in [-0.05, 0) is 45.4 Å². The summed E-state index contributed by atoms with van der Waals surface area (Å²) in [5.41, 5.74) is 1.37. The largest absolute Gasteiger partial charge is 0.497 e. The lowest BCUT2D eigenvalue weighted by molar-refractivity contribution is -0.118. The summed E-state index contributed by atoms with van der Waals surface area (Å²) in [6.45, 7) is 6.80. The average Bonchev–Trinajstić information content (AvgIpc) is 3.01. The first-order valence-electron chi connectivity index (χ1n) is 9.23. The van der Waals surface area contributed by atoms with Gasteiger partial charge in [0.05, 0.1) is 24.7 Å². The number of hydrogen-bond donors (Lipinski definition) is 1. The van der Waals surface area contributed by atoms with E-state index < -0.39 is 10.8 Å². The molecule has 0 unspecified atom stereocenters. The molecule has 7 nitrogen and oxygen atoms in total. The molecule has 1 heterocycles. The highest BCUT2D eigenvalue weighted by atomic mass is 32.2. The SMILES string of the molecule is COc1cccc(-c2nc(C[S@@](=O)CC(=O)NCCCOC(C)C)c(C)o2)c1. The zero-order valence-corrected chi connectivity index (χ0v) is 17.6. The highest BCUT2D eigenvalue weighted by molar-refractivity contribution is 7.84. The van der Waals surface area contributed by atoms with E-state index in [9.17, 15) is 9.00 Å². The van der Waals surface area contributed by atoms with Crippen LogP contribution in [-0.2, 0) is 26.1 Å². The topological polar surface area (TPSA) is 90.7 Å². The first-order chi connectivity index (χ1) is 13.4. The number of hydrogen-bond acceptors (Lipinski definition) is 6. The minimum Gasteiger partial charge on any atom is -0.497 e. The van der Waals surface area contributed by atoms with Crippen LogP contribution in [-0.4, -0.2) is 47.2 Å². The molecule has 1 aromatic heterocycles. The Bertz CT molecular complexity index is 804. The minimum atomic E-state index is -1.37. The van der Waals surface area contributed by atoms with Crippen molar-refractivity contribution >= 4 is 16.7 Å². The van der Waals surface area contributed by atoms with Crippen LogP contribution in [0, 0.1) is 6.92 Å². The van der Waals surface area contributed by atoms with Crippen LogP contribution in [0.2, 0.25) is 0 Å². The quantitative estimate of drug-likeness (QED) is 0.575. The van der Waals surface area contributed by atoms with E-state index in [0.717, 1.165) is 12.0 Å². The Kier molecular flexibility index (Phi) is 8.66. The molecular weight excluding hydrogens is 380 g/mol. The van der Waals surface area contributed by atoms with Gasteiger partial charge in [0.2, 0.25) is 11.8 Å². The molecule has 0 saturated heterocycles. The van der Waals surface area contributed by atoms with Gasteiger partial charge in [0, 0.05) is 29.5 Å². The van der Waals surface area contributed by atoms with Gasteiger partial charge in [0.1, 0.15) is 17.3 Å². The van der Waals surface area contributed by atoms with Crippen molar-refractivity contribution in [2.75, 3.05) is 26.0 Å². The van der Waals surface area contributed by atoms with E-state index >= 15 is 0 Å². The van der Waals surface area contributed by atoms with Crippen LogP contribution in [0.5, 0.6) is 5.75 Å². The van der Waals surface area contributed by atoms with Crippen LogP contribution in [0.1, 0.15) is 31.7 Å². The van der Waals surface area contributed by atoms with Crippen molar-refractivity contribution in [1.29, 1.82) is 0 Å². The number of carbonyl (C=O) groups excluding carboxylic acids is 1. The molecule has 2 aromatic rings. The summed E-state index contributed by atoms with van der Waals surface area (Å²) in [6.07, 6.45) is 0.902. The second kappa shape index (κ2) is 11.0. The third-order valence-corrected chi connectivity index (χ3v) is 5.07. The van der Waals surface area contributed by atoms with E-state index in [0.29, 0.717) is 36.2 Å². The molecule has 0 bridgehead atoms. The van der Waals surface area contributed by atoms with Gasteiger partial charge >= 0.3 is 0 Å². The second-order valence-corrected chi connectivity index (χ2v) is 8.06. The zero-order chi connectivity index (χ0) is 20.5. The van der Waals surface area contributed by atoms with Gasteiger partial charge in [-0.25, -0.2) is 4.98 Å². The fraction of sp³-hybridized carbons (Fsp3) is 0.500. The average molecular weight is 409 g/mol. The Morgan fingerprint density at radius 2 is 2.14 bits per heavy atom. The number of aromatic nitrogens is 1. The van der Waals surface area contributed by atoms with E-state index in [4.69, 9.17) is 13.9 Å². The van der Waals surface area contributed by atoms with Gasteiger partial charge in [-0.2, -0.15) is 0 Å². The predicted molar refractivity (Wildman–Crippen MR) is 109 cm³/mol. The Balaban J connectivity index is 1.85. The van der Waals surface area contributed by atoms with Crippen molar-refractivity contribution in [1.82, 2.24) is 10.3 Å².